The normalized spacial score (nSPS) is 16.9. The second kappa shape index (κ2) is 3.48. The third-order valence-electron chi connectivity index (χ3n) is 1.16. The number of hydrogen-bond acceptors (Lipinski definition) is 1. The van der Waals surface area contributed by atoms with E-state index in [1.807, 2.05) is 9.24 Å². The van der Waals surface area contributed by atoms with Crippen molar-refractivity contribution in [2.75, 3.05) is 0 Å². The molecule has 0 radical (unpaired) electrons. The van der Waals surface area contributed by atoms with E-state index in [4.69, 9.17) is 0 Å². The molecule has 0 saturated carbocycles. The van der Waals surface area contributed by atoms with E-state index in [2.05, 4.69) is 0 Å². The van der Waals surface area contributed by atoms with Gasteiger partial charge in [0.15, 0.2) is 7.85 Å². The van der Waals surface area contributed by atoms with E-state index in [9.17, 15) is 9.18 Å². The highest BCUT2D eigenvalue weighted by molar-refractivity contribution is 7.22. The molecule has 0 aromatic rings. The average molecular weight is 162 g/mol. The molecule has 10 heavy (non-hydrogen) atoms. The maximum absolute atomic E-state index is 12.7. The van der Waals surface area contributed by atoms with Crippen LogP contribution in [0.15, 0.2) is 0 Å². The molecule has 0 aliphatic heterocycles. The first-order valence-corrected chi connectivity index (χ1v) is 3.91. The summed E-state index contributed by atoms with van der Waals surface area (Å²) in [5.41, 5.74) is 0. The van der Waals surface area contributed by atoms with Crippen LogP contribution in [-0.4, -0.2) is 18.9 Å². The van der Waals surface area contributed by atoms with Gasteiger partial charge in [0, 0.05) is 12.3 Å². The second-order valence-electron chi connectivity index (χ2n) is 3.08. The summed E-state index contributed by atoms with van der Waals surface area (Å²) in [6, 6.07) is 0. The number of Topliss-reactive ketones (excluding diaryl/α,β-unsaturated/α-hetero) is 1. The van der Waals surface area contributed by atoms with Crippen molar-refractivity contribution >= 4 is 22.9 Å². The Labute approximate surface area is 64.4 Å². The van der Waals surface area contributed by atoms with Gasteiger partial charge in [0.1, 0.15) is 5.78 Å². The smallest absolute Gasteiger partial charge is 0.155 e. The van der Waals surface area contributed by atoms with E-state index in [1.54, 1.807) is 13.8 Å². The molecule has 58 valence electrons. The Kier molecular flexibility index (Phi) is 3.51. The standard InChI is InChI=1S/C6H13BFOP/c1-4(2)5(9)3-6(7,8)10/h4H,3,7,10H2,1-2H3. The molecule has 2 atom stereocenters. The van der Waals surface area contributed by atoms with E-state index in [0.29, 0.717) is 0 Å². The van der Waals surface area contributed by atoms with Gasteiger partial charge in [-0.2, -0.15) is 0 Å². The summed E-state index contributed by atoms with van der Waals surface area (Å²) >= 11 is 0. The number of hydrogen-bond donors (Lipinski definition) is 0. The number of carbonyl (C=O) groups is 1. The Bertz CT molecular complexity index is 130. The molecule has 0 spiro atoms. The number of carbonyl (C=O) groups excluding carboxylic acids is 1. The SMILES string of the molecule is BC(F)(P)CC(=O)C(C)C. The lowest BCUT2D eigenvalue weighted by molar-refractivity contribution is -0.122. The molecule has 0 amide bonds. The predicted molar refractivity (Wildman–Crippen MR) is 46.6 cm³/mol. The Hall–Kier alpha value is 0.0949. The molecule has 0 heterocycles. The Morgan fingerprint density at radius 1 is 1.80 bits per heavy atom. The summed E-state index contributed by atoms with van der Waals surface area (Å²) in [5.74, 6) is -0.0874. The number of ketones is 1. The van der Waals surface area contributed by atoms with Crippen molar-refractivity contribution in [1.82, 2.24) is 0 Å². The van der Waals surface area contributed by atoms with Crippen LogP contribution in [0.25, 0.3) is 0 Å². The molecular weight excluding hydrogens is 149 g/mol. The van der Waals surface area contributed by atoms with Gasteiger partial charge in [0.05, 0.1) is 5.31 Å². The molecular formula is C6H13BFOP. The van der Waals surface area contributed by atoms with Gasteiger partial charge in [-0.05, 0) is 0 Å². The van der Waals surface area contributed by atoms with Crippen LogP contribution in [-0.2, 0) is 4.79 Å². The van der Waals surface area contributed by atoms with E-state index in [1.165, 1.54) is 7.85 Å². The van der Waals surface area contributed by atoms with Gasteiger partial charge in [-0.15, -0.1) is 9.24 Å². The zero-order valence-electron chi connectivity index (χ0n) is 6.65. The van der Waals surface area contributed by atoms with Crippen molar-refractivity contribution in [3.8, 4) is 0 Å². The molecule has 0 aromatic carbocycles. The first kappa shape index (κ1) is 10.1. The summed E-state index contributed by atoms with van der Waals surface area (Å²) in [6.45, 7) is 3.55. The summed E-state index contributed by atoms with van der Waals surface area (Å²) in [7, 11) is 3.40. The van der Waals surface area contributed by atoms with Crippen molar-refractivity contribution in [1.29, 1.82) is 0 Å². The number of halogens is 1. The monoisotopic (exact) mass is 162 g/mol. The van der Waals surface area contributed by atoms with Crippen molar-refractivity contribution < 1.29 is 9.18 Å². The molecule has 0 N–H and O–H groups in total. The van der Waals surface area contributed by atoms with Crippen LogP contribution in [0.1, 0.15) is 20.3 Å². The van der Waals surface area contributed by atoms with Crippen molar-refractivity contribution in [2.45, 2.75) is 25.6 Å². The first-order chi connectivity index (χ1) is 4.33. The molecule has 0 fully saturated rings. The van der Waals surface area contributed by atoms with Gasteiger partial charge >= 0.3 is 0 Å². The van der Waals surface area contributed by atoms with E-state index >= 15 is 0 Å². The Balaban J connectivity index is 3.81. The van der Waals surface area contributed by atoms with Crippen LogP contribution in [0.3, 0.4) is 0 Å². The third-order valence-corrected chi connectivity index (χ3v) is 1.37. The molecule has 0 aliphatic carbocycles. The quantitative estimate of drug-likeness (QED) is 0.441. The highest BCUT2D eigenvalue weighted by atomic mass is 31.0. The van der Waals surface area contributed by atoms with Crippen LogP contribution in [0, 0.1) is 5.92 Å². The number of rotatable bonds is 3. The lowest BCUT2D eigenvalue weighted by atomic mass is 9.92. The fraction of sp³-hybridized carbons (Fsp3) is 0.833. The average Bonchev–Trinajstić information content (AvgIpc) is 1.60. The van der Waals surface area contributed by atoms with Gasteiger partial charge in [-0.25, -0.2) is 4.39 Å². The molecule has 0 bridgehead atoms. The summed E-state index contributed by atoms with van der Waals surface area (Å²) in [4.78, 5) is 10.9. The van der Waals surface area contributed by atoms with Crippen LogP contribution in [0.4, 0.5) is 4.39 Å². The molecule has 0 aliphatic rings. The molecule has 4 heteroatoms. The maximum atomic E-state index is 12.7. The maximum Gasteiger partial charge on any atom is 0.155 e. The zero-order valence-corrected chi connectivity index (χ0v) is 7.80. The van der Waals surface area contributed by atoms with E-state index in [0.717, 1.165) is 0 Å². The molecule has 0 rings (SSSR count). The van der Waals surface area contributed by atoms with E-state index in [-0.39, 0.29) is 18.1 Å². The van der Waals surface area contributed by atoms with Crippen molar-refractivity contribution in [3.05, 3.63) is 0 Å². The minimum absolute atomic E-state index is 0.00463. The highest BCUT2D eigenvalue weighted by Crippen LogP contribution is 2.21. The molecule has 0 saturated heterocycles. The van der Waals surface area contributed by atoms with Gasteiger partial charge in [0.25, 0.3) is 0 Å². The Morgan fingerprint density at radius 2 is 2.20 bits per heavy atom. The Morgan fingerprint density at radius 3 is 2.30 bits per heavy atom. The topological polar surface area (TPSA) is 17.1 Å². The van der Waals surface area contributed by atoms with E-state index < -0.39 is 5.31 Å². The van der Waals surface area contributed by atoms with Gasteiger partial charge in [0.2, 0.25) is 0 Å². The third kappa shape index (κ3) is 4.93. The van der Waals surface area contributed by atoms with Crippen LogP contribution in [0.2, 0.25) is 0 Å². The van der Waals surface area contributed by atoms with Gasteiger partial charge in [-0.3, -0.25) is 4.79 Å². The zero-order chi connectivity index (χ0) is 8.36. The highest BCUT2D eigenvalue weighted by Gasteiger charge is 2.21. The fourth-order valence-electron chi connectivity index (χ4n) is 0.545. The minimum atomic E-state index is -1.43. The second-order valence-corrected chi connectivity index (χ2v) is 4.28. The lowest BCUT2D eigenvalue weighted by Crippen LogP contribution is -2.21. The lowest BCUT2D eigenvalue weighted by Gasteiger charge is -2.13. The molecule has 2 unspecified atom stereocenters. The van der Waals surface area contributed by atoms with Crippen LogP contribution < -0.4 is 0 Å². The summed E-state index contributed by atoms with van der Waals surface area (Å²) < 4.78 is 12.7. The van der Waals surface area contributed by atoms with Crippen LogP contribution in [0.5, 0.6) is 0 Å². The van der Waals surface area contributed by atoms with Gasteiger partial charge < -0.3 is 0 Å². The first-order valence-electron chi connectivity index (χ1n) is 3.33. The number of alkyl halides is 1. The fourth-order valence-corrected chi connectivity index (χ4v) is 0.746. The van der Waals surface area contributed by atoms with Crippen LogP contribution >= 0.6 is 9.24 Å². The summed E-state index contributed by atoms with van der Waals surface area (Å²) in [6.07, 6.45) is -0.00463. The van der Waals surface area contributed by atoms with Gasteiger partial charge in [-0.1, -0.05) is 13.8 Å². The van der Waals surface area contributed by atoms with Crippen molar-refractivity contribution in [3.63, 3.8) is 0 Å². The largest absolute Gasteiger partial charge is 0.299 e. The summed E-state index contributed by atoms with van der Waals surface area (Å²) in [5, 5.41) is -1.43. The minimum Gasteiger partial charge on any atom is -0.299 e. The predicted octanol–water partition coefficient (Wildman–Crippen LogP) is 0.733. The molecule has 0 aromatic heterocycles. The van der Waals surface area contributed by atoms with Crippen molar-refractivity contribution in [2.24, 2.45) is 5.92 Å². The molecule has 1 nitrogen and oxygen atoms in total.